The van der Waals surface area contributed by atoms with Crippen molar-refractivity contribution in [1.29, 1.82) is 0 Å². The molecule has 0 aliphatic carbocycles. The molecule has 25 heavy (non-hydrogen) atoms. The first kappa shape index (κ1) is 17.8. The molecule has 0 unspecified atom stereocenters. The van der Waals surface area contributed by atoms with Crippen LogP contribution < -0.4 is 15.1 Å². The molecule has 1 aromatic heterocycles. The fraction of sp³-hybridized carbons (Fsp3) is 0.333. The summed E-state index contributed by atoms with van der Waals surface area (Å²) >= 11 is 5.78. The Morgan fingerprint density at radius 2 is 1.76 bits per heavy atom. The molecule has 1 aliphatic heterocycles. The molecular weight excluding hydrogens is 343 g/mol. The molecule has 0 radical (unpaired) electrons. The Labute approximate surface area is 151 Å². The van der Waals surface area contributed by atoms with Crippen molar-refractivity contribution >= 4 is 23.3 Å². The Balaban J connectivity index is 1.42. The minimum Gasteiger partial charge on any atom is -0.322 e. The van der Waals surface area contributed by atoms with Gasteiger partial charge >= 0.3 is 0 Å². The molecular formula is C18H22ClFN4O+2. The molecule has 1 aromatic carbocycles. The highest BCUT2D eigenvalue weighted by Crippen LogP contribution is 2.08. The molecule has 1 aliphatic rings. The van der Waals surface area contributed by atoms with Crippen LogP contribution in [0, 0.1) is 5.82 Å². The Kier molecular flexibility index (Phi) is 5.96. The molecule has 1 amide bonds. The second kappa shape index (κ2) is 8.38. The highest BCUT2D eigenvalue weighted by molar-refractivity contribution is 6.30. The van der Waals surface area contributed by atoms with Crippen molar-refractivity contribution in [2.24, 2.45) is 0 Å². The van der Waals surface area contributed by atoms with Crippen molar-refractivity contribution in [3.8, 4) is 0 Å². The minimum atomic E-state index is -0.200. The van der Waals surface area contributed by atoms with Gasteiger partial charge in [-0.3, -0.25) is 4.79 Å². The average molecular weight is 365 g/mol. The van der Waals surface area contributed by atoms with Gasteiger partial charge in [-0.1, -0.05) is 23.7 Å². The van der Waals surface area contributed by atoms with E-state index in [1.165, 1.54) is 28.1 Å². The number of amides is 1. The van der Waals surface area contributed by atoms with Gasteiger partial charge in [0.1, 0.15) is 44.4 Å². The van der Waals surface area contributed by atoms with E-state index in [0.717, 1.165) is 38.3 Å². The molecule has 0 saturated carbocycles. The van der Waals surface area contributed by atoms with E-state index in [1.807, 2.05) is 12.1 Å². The number of anilines is 1. The van der Waals surface area contributed by atoms with Gasteiger partial charge in [0.15, 0.2) is 6.54 Å². The number of benzene rings is 1. The van der Waals surface area contributed by atoms with E-state index < -0.39 is 0 Å². The second-order valence-electron chi connectivity index (χ2n) is 6.39. The first-order valence-electron chi connectivity index (χ1n) is 8.41. The first-order chi connectivity index (χ1) is 12.1. The van der Waals surface area contributed by atoms with Crippen molar-refractivity contribution in [2.75, 3.05) is 38.0 Å². The van der Waals surface area contributed by atoms with Crippen LogP contribution in [0.1, 0.15) is 5.56 Å². The fourth-order valence-corrected chi connectivity index (χ4v) is 3.18. The number of carbonyl (C=O) groups excluding carboxylic acids is 1. The third kappa shape index (κ3) is 5.49. The molecule has 2 heterocycles. The molecule has 3 N–H and O–H groups in total. The summed E-state index contributed by atoms with van der Waals surface area (Å²) < 4.78 is 13.0. The number of hydrogen-bond acceptors (Lipinski definition) is 2. The van der Waals surface area contributed by atoms with E-state index in [4.69, 9.17) is 11.6 Å². The third-order valence-electron chi connectivity index (χ3n) is 4.44. The Morgan fingerprint density at radius 1 is 1.08 bits per heavy atom. The standard InChI is InChI=1S/C18H20ClFN4O/c19-15-3-6-17(21-11-15)22-18(25)13-24-9-7-23(8-10-24)12-14-1-4-16(20)5-2-14/h1-6,11H,7-10,12-13H2,(H,21,22,25)/p+2. The summed E-state index contributed by atoms with van der Waals surface area (Å²) in [5.74, 6) is 0.287. The summed E-state index contributed by atoms with van der Waals surface area (Å²) in [4.78, 5) is 18.9. The van der Waals surface area contributed by atoms with Crippen LogP contribution in [0.2, 0.25) is 5.02 Å². The van der Waals surface area contributed by atoms with E-state index in [9.17, 15) is 9.18 Å². The number of piperazine rings is 1. The largest absolute Gasteiger partial charge is 0.322 e. The molecule has 5 nitrogen and oxygen atoms in total. The van der Waals surface area contributed by atoms with Crippen molar-refractivity contribution in [1.82, 2.24) is 4.98 Å². The number of rotatable bonds is 5. The van der Waals surface area contributed by atoms with Gasteiger partial charge in [-0.15, -0.1) is 0 Å². The van der Waals surface area contributed by atoms with Gasteiger partial charge in [0.25, 0.3) is 5.91 Å². The van der Waals surface area contributed by atoms with Crippen LogP contribution in [0.4, 0.5) is 10.2 Å². The lowest BCUT2D eigenvalue weighted by molar-refractivity contribution is -1.02. The van der Waals surface area contributed by atoms with Crippen molar-refractivity contribution in [3.63, 3.8) is 0 Å². The number of pyridine rings is 1. The average Bonchev–Trinajstić information content (AvgIpc) is 2.61. The molecule has 0 bridgehead atoms. The number of halogens is 2. The topological polar surface area (TPSA) is 50.9 Å². The number of nitrogens with zero attached hydrogens (tertiary/aromatic N) is 1. The highest BCUT2D eigenvalue weighted by atomic mass is 35.5. The van der Waals surface area contributed by atoms with Crippen LogP contribution in [0.15, 0.2) is 42.6 Å². The van der Waals surface area contributed by atoms with Crippen LogP contribution in [-0.4, -0.2) is 43.6 Å². The molecule has 132 valence electrons. The Morgan fingerprint density at radius 3 is 2.40 bits per heavy atom. The number of aromatic nitrogens is 1. The van der Waals surface area contributed by atoms with E-state index in [0.29, 0.717) is 17.4 Å². The Hall–Kier alpha value is -2.02. The molecule has 0 atom stereocenters. The van der Waals surface area contributed by atoms with Gasteiger partial charge in [0.2, 0.25) is 0 Å². The number of quaternary nitrogens is 2. The first-order valence-corrected chi connectivity index (χ1v) is 8.79. The lowest BCUT2D eigenvalue weighted by Gasteiger charge is -2.29. The maximum absolute atomic E-state index is 13.0. The van der Waals surface area contributed by atoms with Crippen LogP contribution in [0.5, 0.6) is 0 Å². The Bertz CT molecular complexity index is 700. The summed E-state index contributed by atoms with van der Waals surface area (Å²) in [7, 11) is 0. The maximum Gasteiger partial charge on any atom is 0.280 e. The molecule has 3 rings (SSSR count). The summed E-state index contributed by atoms with van der Waals surface area (Å²) in [6.07, 6.45) is 1.52. The fourth-order valence-electron chi connectivity index (χ4n) is 3.07. The zero-order chi connectivity index (χ0) is 17.6. The van der Waals surface area contributed by atoms with Gasteiger partial charge < -0.3 is 15.1 Å². The van der Waals surface area contributed by atoms with Gasteiger partial charge in [0, 0.05) is 11.8 Å². The van der Waals surface area contributed by atoms with Crippen molar-refractivity contribution in [3.05, 3.63) is 59.0 Å². The van der Waals surface area contributed by atoms with Crippen LogP contribution in [0.3, 0.4) is 0 Å². The summed E-state index contributed by atoms with van der Waals surface area (Å²) in [5, 5.41) is 3.35. The predicted molar refractivity (Wildman–Crippen MR) is 94.2 cm³/mol. The van der Waals surface area contributed by atoms with E-state index in [-0.39, 0.29) is 11.7 Å². The third-order valence-corrected chi connectivity index (χ3v) is 4.66. The minimum absolute atomic E-state index is 0.0354. The monoisotopic (exact) mass is 364 g/mol. The second-order valence-corrected chi connectivity index (χ2v) is 6.83. The normalized spacial score (nSPS) is 20.2. The lowest BCUT2D eigenvalue weighted by Crippen LogP contribution is -3.28. The predicted octanol–water partition coefficient (Wildman–Crippen LogP) is -0.204. The van der Waals surface area contributed by atoms with Crippen LogP contribution >= 0.6 is 11.6 Å². The van der Waals surface area contributed by atoms with Gasteiger partial charge in [-0.05, 0) is 24.3 Å². The van der Waals surface area contributed by atoms with Crippen LogP contribution in [0.25, 0.3) is 0 Å². The van der Waals surface area contributed by atoms with Gasteiger partial charge in [-0.25, -0.2) is 9.37 Å². The van der Waals surface area contributed by atoms with Crippen molar-refractivity contribution in [2.45, 2.75) is 6.54 Å². The molecule has 0 spiro atoms. The number of hydrogen-bond donors (Lipinski definition) is 3. The summed E-state index contributed by atoms with van der Waals surface area (Å²) in [6, 6.07) is 10.1. The zero-order valence-electron chi connectivity index (χ0n) is 13.9. The molecule has 1 fully saturated rings. The van der Waals surface area contributed by atoms with E-state index in [2.05, 4.69) is 10.3 Å². The van der Waals surface area contributed by atoms with Crippen LogP contribution in [-0.2, 0) is 11.3 Å². The number of nitrogens with one attached hydrogen (secondary N) is 3. The number of carbonyl (C=O) groups is 1. The molecule has 2 aromatic rings. The van der Waals surface area contributed by atoms with Crippen molar-refractivity contribution < 1.29 is 19.0 Å². The quantitative estimate of drug-likeness (QED) is 0.688. The van der Waals surface area contributed by atoms with E-state index in [1.54, 1.807) is 12.1 Å². The van der Waals surface area contributed by atoms with Gasteiger partial charge in [0.05, 0.1) is 5.02 Å². The maximum atomic E-state index is 13.0. The summed E-state index contributed by atoms with van der Waals surface area (Å²) in [6.45, 7) is 5.22. The highest BCUT2D eigenvalue weighted by Gasteiger charge is 2.24. The summed E-state index contributed by atoms with van der Waals surface area (Å²) in [5.41, 5.74) is 1.14. The lowest BCUT2D eigenvalue weighted by atomic mass is 10.2. The molecule has 1 saturated heterocycles. The SMILES string of the molecule is O=C(C[NH+]1CC[NH+](Cc2ccc(F)cc2)CC1)Nc1ccc(Cl)cn1. The zero-order valence-corrected chi connectivity index (χ0v) is 14.7. The smallest absolute Gasteiger partial charge is 0.280 e. The van der Waals surface area contributed by atoms with E-state index >= 15 is 0 Å². The van der Waals surface area contributed by atoms with Gasteiger partial charge in [-0.2, -0.15) is 0 Å². The molecule has 7 heteroatoms.